The first-order valence-corrected chi connectivity index (χ1v) is 5.17. The number of anilines is 1. The molecule has 0 saturated carbocycles. The van der Waals surface area contributed by atoms with Crippen LogP contribution in [0.1, 0.15) is 10.6 Å². The first-order valence-electron chi connectivity index (χ1n) is 5.17. The van der Waals surface area contributed by atoms with E-state index in [9.17, 15) is 9.59 Å². The number of nitrogens with zero attached hydrogens (tertiary/aromatic N) is 1. The summed E-state index contributed by atoms with van der Waals surface area (Å²) in [4.78, 5) is 26.7. The van der Waals surface area contributed by atoms with Gasteiger partial charge in [-0.25, -0.2) is 9.78 Å². The molecular weight excluding hydrogens is 236 g/mol. The molecule has 2 heterocycles. The fourth-order valence-electron chi connectivity index (χ4n) is 1.21. The van der Waals surface area contributed by atoms with Gasteiger partial charge in [-0.05, 0) is 24.3 Å². The highest BCUT2D eigenvalue weighted by Crippen LogP contribution is 2.03. The second kappa shape index (κ2) is 5.62. The Hall–Kier alpha value is -2.63. The van der Waals surface area contributed by atoms with Gasteiger partial charge in [0.25, 0.3) is 5.91 Å². The van der Waals surface area contributed by atoms with Gasteiger partial charge in [0.1, 0.15) is 5.82 Å². The third-order valence-electron chi connectivity index (χ3n) is 1.99. The van der Waals surface area contributed by atoms with E-state index in [1.807, 2.05) is 0 Å². The van der Waals surface area contributed by atoms with E-state index in [4.69, 9.17) is 9.15 Å². The van der Waals surface area contributed by atoms with Crippen molar-refractivity contribution >= 4 is 17.7 Å². The van der Waals surface area contributed by atoms with Crippen molar-refractivity contribution in [2.75, 3.05) is 11.9 Å². The molecule has 0 unspecified atom stereocenters. The highest BCUT2D eigenvalue weighted by molar-refractivity contribution is 5.93. The normalized spacial score (nSPS) is 9.78. The Morgan fingerprint density at radius 2 is 2.17 bits per heavy atom. The summed E-state index contributed by atoms with van der Waals surface area (Å²) in [6.45, 7) is -0.393. The van der Waals surface area contributed by atoms with E-state index in [2.05, 4.69) is 10.3 Å². The average molecular weight is 246 g/mol. The highest BCUT2D eigenvalue weighted by atomic mass is 16.5. The average Bonchev–Trinajstić information content (AvgIpc) is 2.91. The Morgan fingerprint density at radius 1 is 1.28 bits per heavy atom. The minimum Gasteiger partial charge on any atom is -0.457 e. The van der Waals surface area contributed by atoms with Crippen LogP contribution in [-0.2, 0) is 9.53 Å². The van der Waals surface area contributed by atoms with E-state index < -0.39 is 18.5 Å². The summed E-state index contributed by atoms with van der Waals surface area (Å²) in [6, 6.07) is 8.11. The Kier molecular flexibility index (Phi) is 3.70. The maximum Gasteiger partial charge on any atom is 0.374 e. The number of nitrogens with one attached hydrogen (secondary N) is 1. The van der Waals surface area contributed by atoms with Crippen LogP contribution in [0.5, 0.6) is 0 Å². The van der Waals surface area contributed by atoms with Crippen molar-refractivity contribution in [1.82, 2.24) is 4.98 Å². The number of aromatic nitrogens is 1. The second-order valence-corrected chi connectivity index (χ2v) is 3.32. The molecule has 0 aliphatic heterocycles. The second-order valence-electron chi connectivity index (χ2n) is 3.32. The largest absolute Gasteiger partial charge is 0.457 e. The smallest absolute Gasteiger partial charge is 0.374 e. The molecule has 0 atom stereocenters. The standard InChI is InChI=1S/C12H10N2O4/c15-11(14-10-5-1-2-6-13-10)8-18-12(16)9-4-3-7-17-9/h1-7H,8H2,(H,13,14,15). The maximum absolute atomic E-state index is 11.4. The molecule has 2 rings (SSSR count). The summed E-state index contributed by atoms with van der Waals surface area (Å²) < 4.78 is 9.58. The zero-order valence-corrected chi connectivity index (χ0v) is 9.33. The Balaban J connectivity index is 1.80. The lowest BCUT2D eigenvalue weighted by molar-refractivity contribution is -0.119. The summed E-state index contributed by atoms with van der Waals surface area (Å²) in [5, 5.41) is 2.48. The predicted molar refractivity (Wildman–Crippen MR) is 61.9 cm³/mol. The lowest BCUT2D eigenvalue weighted by Crippen LogP contribution is -2.21. The lowest BCUT2D eigenvalue weighted by Gasteiger charge is -2.04. The lowest BCUT2D eigenvalue weighted by atomic mass is 10.4. The van der Waals surface area contributed by atoms with Crippen molar-refractivity contribution in [3.63, 3.8) is 0 Å². The number of carbonyl (C=O) groups excluding carboxylic acids is 2. The summed E-state index contributed by atoms with van der Waals surface area (Å²) >= 11 is 0. The zero-order chi connectivity index (χ0) is 12.8. The van der Waals surface area contributed by atoms with Crippen LogP contribution in [0.3, 0.4) is 0 Å². The summed E-state index contributed by atoms with van der Waals surface area (Å²) in [5.41, 5.74) is 0. The number of carbonyl (C=O) groups is 2. The maximum atomic E-state index is 11.4. The van der Waals surface area contributed by atoms with Crippen LogP contribution < -0.4 is 5.32 Å². The van der Waals surface area contributed by atoms with Gasteiger partial charge in [0, 0.05) is 6.20 Å². The summed E-state index contributed by atoms with van der Waals surface area (Å²) in [7, 11) is 0. The SMILES string of the molecule is O=C(COC(=O)c1ccco1)Nc1ccccn1. The van der Waals surface area contributed by atoms with Gasteiger partial charge < -0.3 is 14.5 Å². The summed E-state index contributed by atoms with van der Waals surface area (Å²) in [5.74, 6) is -0.693. The first kappa shape index (κ1) is 11.8. The summed E-state index contributed by atoms with van der Waals surface area (Å²) in [6.07, 6.45) is 2.90. The molecule has 18 heavy (non-hydrogen) atoms. The number of ether oxygens (including phenoxy) is 1. The van der Waals surface area contributed by atoms with E-state index in [0.717, 1.165) is 0 Å². The Bertz CT molecular complexity index is 522. The van der Waals surface area contributed by atoms with Gasteiger partial charge in [-0.1, -0.05) is 6.07 Å². The molecule has 0 bridgehead atoms. The minimum absolute atomic E-state index is 0.0561. The van der Waals surface area contributed by atoms with E-state index >= 15 is 0 Å². The van der Waals surface area contributed by atoms with Crippen molar-refractivity contribution in [3.05, 3.63) is 48.6 Å². The van der Waals surface area contributed by atoms with E-state index in [1.165, 1.54) is 12.3 Å². The van der Waals surface area contributed by atoms with Gasteiger partial charge in [0.05, 0.1) is 6.26 Å². The van der Waals surface area contributed by atoms with Gasteiger partial charge in [-0.15, -0.1) is 0 Å². The fraction of sp³-hybridized carbons (Fsp3) is 0.0833. The number of esters is 1. The number of pyridine rings is 1. The minimum atomic E-state index is -0.684. The molecule has 2 aromatic heterocycles. The van der Waals surface area contributed by atoms with E-state index in [-0.39, 0.29) is 5.76 Å². The third-order valence-corrected chi connectivity index (χ3v) is 1.99. The Morgan fingerprint density at radius 3 is 2.83 bits per heavy atom. The highest BCUT2D eigenvalue weighted by Gasteiger charge is 2.12. The molecule has 0 saturated heterocycles. The third kappa shape index (κ3) is 3.18. The van der Waals surface area contributed by atoms with Gasteiger partial charge in [-0.2, -0.15) is 0 Å². The van der Waals surface area contributed by atoms with E-state index in [1.54, 1.807) is 30.5 Å². The van der Waals surface area contributed by atoms with Crippen LogP contribution in [0.15, 0.2) is 47.2 Å². The van der Waals surface area contributed by atoms with Crippen molar-refractivity contribution in [2.45, 2.75) is 0 Å². The number of amides is 1. The van der Waals surface area contributed by atoms with Crippen LogP contribution in [0.4, 0.5) is 5.82 Å². The van der Waals surface area contributed by atoms with Crippen LogP contribution in [-0.4, -0.2) is 23.5 Å². The fourth-order valence-corrected chi connectivity index (χ4v) is 1.21. The molecule has 1 amide bonds. The van der Waals surface area contributed by atoms with Crippen LogP contribution in [0, 0.1) is 0 Å². The first-order chi connectivity index (χ1) is 8.75. The molecule has 0 fully saturated rings. The van der Waals surface area contributed by atoms with Crippen LogP contribution in [0.2, 0.25) is 0 Å². The molecule has 0 spiro atoms. The molecular formula is C12H10N2O4. The molecule has 0 aliphatic rings. The van der Waals surface area contributed by atoms with Crippen LogP contribution in [0.25, 0.3) is 0 Å². The molecule has 6 heteroatoms. The van der Waals surface area contributed by atoms with Gasteiger partial charge >= 0.3 is 5.97 Å². The van der Waals surface area contributed by atoms with Crippen molar-refractivity contribution in [1.29, 1.82) is 0 Å². The van der Waals surface area contributed by atoms with Gasteiger partial charge in [-0.3, -0.25) is 4.79 Å². The van der Waals surface area contributed by atoms with Crippen molar-refractivity contribution in [2.24, 2.45) is 0 Å². The molecule has 2 aromatic rings. The van der Waals surface area contributed by atoms with Gasteiger partial charge in [0.2, 0.25) is 5.76 Å². The molecule has 0 radical (unpaired) electrons. The number of furan rings is 1. The van der Waals surface area contributed by atoms with Crippen molar-refractivity contribution < 1.29 is 18.7 Å². The molecule has 92 valence electrons. The molecule has 1 N–H and O–H groups in total. The molecule has 0 aliphatic carbocycles. The quantitative estimate of drug-likeness (QED) is 0.826. The number of hydrogen-bond donors (Lipinski definition) is 1. The van der Waals surface area contributed by atoms with Crippen molar-refractivity contribution in [3.8, 4) is 0 Å². The topological polar surface area (TPSA) is 81.4 Å². The Labute approximate surface area is 103 Å². The molecule has 6 nitrogen and oxygen atoms in total. The zero-order valence-electron chi connectivity index (χ0n) is 9.33. The van der Waals surface area contributed by atoms with Crippen LogP contribution >= 0.6 is 0 Å². The number of rotatable bonds is 4. The number of hydrogen-bond acceptors (Lipinski definition) is 5. The monoisotopic (exact) mass is 246 g/mol. The van der Waals surface area contributed by atoms with Gasteiger partial charge in [0.15, 0.2) is 6.61 Å². The van der Waals surface area contributed by atoms with E-state index in [0.29, 0.717) is 5.82 Å². The molecule has 0 aromatic carbocycles. The predicted octanol–water partition coefficient (Wildman–Crippen LogP) is 1.47.